The van der Waals surface area contributed by atoms with Crippen LogP contribution in [0.2, 0.25) is 0 Å². The Morgan fingerprint density at radius 3 is 1.90 bits per heavy atom. The summed E-state index contributed by atoms with van der Waals surface area (Å²) in [6.07, 6.45) is 0. The number of carboxylic acids is 3. The van der Waals surface area contributed by atoms with E-state index in [1.54, 1.807) is 18.2 Å². The van der Waals surface area contributed by atoms with Gasteiger partial charge in [0.05, 0.1) is 40.7 Å². The molecule has 2 aliphatic heterocycles. The third-order valence-corrected chi connectivity index (χ3v) is 10.6. The van der Waals surface area contributed by atoms with Crippen molar-refractivity contribution in [1.29, 1.82) is 5.41 Å². The molecule has 7 N–H and O–H groups in total. The molecular formula is C47H34N4O12. The molecule has 63 heavy (non-hydrogen) atoms. The van der Waals surface area contributed by atoms with Gasteiger partial charge in [-0.2, -0.15) is 0 Å². The predicted molar refractivity (Wildman–Crippen MR) is 230 cm³/mol. The number of hydrogen-bond donors (Lipinski definition) is 7. The highest BCUT2D eigenvalue weighted by molar-refractivity contribution is 6.11. The number of carbonyl (C=O) groups is 5. The second-order valence-electron chi connectivity index (χ2n) is 14.7. The molecule has 0 aromatic heterocycles. The minimum absolute atomic E-state index is 0.0502. The molecule has 2 heterocycles. The summed E-state index contributed by atoms with van der Waals surface area (Å²) in [4.78, 5) is 78.7. The van der Waals surface area contributed by atoms with Crippen LogP contribution in [0, 0.1) is 5.41 Å². The summed E-state index contributed by atoms with van der Waals surface area (Å²) in [7, 11) is 3.73. The summed E-state index contributed by atoms with van der Waals surface area (Å²) in [6.45, 7) is -0.999. The van der Waals surface area contributed by atoms with Crippen molar-refractivity contribution in [2.75, 3.05) is 25.5 Å². The fraction of sp³-hybridized carbons (Fsp3) is 0.0851. The average Bonchev–Trinajstić information content (AvgIpc) is 3.25. The predicted octanol–water partition coefficient (Wildman–Crippen LogP) is 6.47. The number of phenolic OH excluding ortho intramolecular Hbond substituents is 1. The number of rotatable bonds is 11. The molecule has 4 aliphatic rings. The maximum Gasteiger partial charge on any atom is 0.336 e. The van der Waals surface area contributed by atoms with E-state index in [0.29, 0.717) is 33.2 Å². The van der Waals surface area contributed by atoms with Crippen LogP contribution in [0.4, 0.5) is 5.69 Å². The topological polar surface area (TPSA) is 261 Å². The fourth-order valence-corrected chi connectivity index (χ4v) is 7.55. The first kappa shape index (κ1) is 41.0. The summed E-state index contributed by atoms with van der Waals surface area (Å²) in [6, 6.07) is 24.7. The average molecular weight is 847 g/mol. The number of amides is 2. The highest BCUT2D eigenvalue weighted by Gasteiger charge is 2.27. The van der Waals surface area contributed by atoms with E-state index in [1.165, 1.54) is 66.7 Å². The quantitative estimate of drug-likeness (QED) is 0.0689. The normalized spacial score (nSPS) is 11.2. The summed E-state index contributed by atoms with van der Waals surface area (Å²) >= 11 is 0. The van der Waals surface area contributed by atoms with E-state index in [0.717, 1.165) is 11.8 Å². The van der Waals surface area contributed by atoms with Gasteiger partial charge in [-0.25, -0.2) is 14.4 Å². The smallest absolute Gasteiger partial charge is 0.336 e. The van der Waals surface area contributed by atoms with Gasteiger partial charge in [0.15, 0.2) is 5.43 Å². The van der Waals surface area contributed by atoms with Crippen LogP contribution in [-0.2, 0) is 11.3 Å². The molecule has 4 aromatic carbocycles. The van der Waals surface area contributed by atoms with Crippen molar-refractivity contribution in [2.45, 2.75) is 6.54 Å². The zero-order chi connectivity index (χ0) is 44.9. The third kappa shape index (κ3) is 7.63. The molecule has 0 fully saturated rings. The van der Waals surface area contributed by atoms with Crippen molar-refractivity contribution in [3.05, 3.63) is 147 Å². The van der Waals surface area contributed by atoms with E-state index in [9.17, 15) is 49.2 Å². The van der Waals surface area contributed by atoms with Crippen molar-refractivity contribution in [3.63, 3.8) is 0 Å². The molecule has 0 bridgehead atoms. The molecule has 0 atom stereocenters. The molecule has 0 radical (unpaired) electrons. The van der Waals surface area contributed by atoms with Crippen molar-refractivity contribution in [3.8, 4) is 50.7 Å². The molecule has 314 valence electrons. The summed E-state index contributed by atoms with van der Waals surface area (Å²) in [5.41, 5.74) is 1.81. The lowest BCUT2D eigenvalue weighted by molar-refractivity contribution is -0.120. The second kappa shape index (κ2) is 16.0. The fourth-order valence-electron chi connectivity index (χ4n) is 7.55. The Morgan fingerprint density at radius 1 is 0.635 bits per heavy atom. The second-order valence-corrected chi connectivity index (χ2v) is 14.7. The SMILES string of the molecule is CN(C)c1ccc2c(-c3ccc(C(=O)NCC(=O)NCc4c5oc6cc(O)ccc6c(-c6ccc(C(=O)O)cc6C(=O)O)c-5ccc4=O)cc3C(=O)O)c3ccc(=N)cc-3oc2c1. The van der Waals surface area contributed by atoms with Crippen LogP contribution in [0.15, 0.2) is 117 Å². The number of nitrogens with one attached hydrogen (secondary N) is 3. The van der Waals surface area contributed by atoms with E-state index in [1.807, 2.05) is 31.1 Å². The number of aromatic hydroxyl groups is 1. The van der Waals surface area contributed by atoms with Gasteiger partial charge in [0.1, 0.15) is 28.4 Å². The lowest BCUT2D eigenvalue weighted by Crippen LogP contribution is -2.37. The number of hydrogen-bond acceptors (Lipinski definition) is 11. The molecule has 8 rings (SSSR count). The largest absolute Gasteiger partial charge is 0.508 e. The van der Waals surface area contributed by atoms with Gasteiger partial charge in [-0.1, -0.05) is 12.1 Å². The molecule has 16 nitrogen and oxygen atoms in total. The Labute approximate surface area is 355 Å². The number of fused-ring (bicyclic) bond motifs is 4. The van der Waals surface area contributed by atoms with Crippen molar-refractivity contribution >= 4 is 57.3 Å². The van der Waals surface area contributed by atoms with Crippen molar-refractivity contribution in [2.24, 2.45) is 0 Å². The first-order chi connectivity index (χ1) is 30.1. The van der Waals surface area contributed by atoms with Gasteiger partial charge in [0.25, 0.3) is 5.91 Å². The van der Waals surface area contributed by atoms with Gasteiger partial charge in [-0.05, 0) is 83.9 Å². The monoisotopic (exact) mass is 846 g/mol. The number of nitrogens with zero attached hydrogens (tertiary/aromatic N) is 1. The summed E-state index contributed by atoms with van der Waals surface area (Å²) in [5, 5.41) is 54.7. The molecule has 2 aliphatic carbocycles. The van der Waals surface area contributed by atoms with Crippen molar-refractivity contribution in [1.82, 2.24) is 10.6 Å². The van der Waals surface area contributed by atoms with Crippen LogP contribution in [0.3, 0.4) is 0 Å². The van der Waals surface area contributed by atoms with Gasteiger partial charge in [-0.3, -0.25) is 14.4 Å². The number of benzene rings is 6. The molecular weight excluding hydrogens is 813 g/mol. The Morgan fingerprint density at radius 2 is 1.24 bits per heavy atom. The Kier molecular flexibility index (Phi) is 10.4. The van der Waals surface area contributed by atoms with Gasteiger partial charge < -0.3 is 50.2 Å². The van der Waals surface area contributed by atoms with Crippen LogP contribution in [0.5, 0.6) is 5.75 Å². The number of phenols is 1. The zero-order valence-electron chi connectivity index (χ0n) is 33.2. The maximum atomic E-state index is 13.4. The molecule has 0 spiro atoms. The molecule has 2 amide bonds. The van der Waals surface area contributed by atoms with Gasteiger partial charge in [0, 0.05) is 76.6 Å². The summed E-state index contributed by atoms with van der Waals surface area (Å²) in [5.74, 6) is -5.48. The van der Waals surface area contributed by atoms with Crippen LogP contribution in [0.25, 0.3) is 66.8 Å². The lowest BCUT2D eigenvalue weighted by atomic mass is 9.88. The van der Waals surface area contributed by atoms with E-state index >= 15 is 0 Å². The maximum absolute atomic E-state index is 13.4. The number of carboxylic acid groups (broad SMARTS) is 3. The Hall–Kier alpha value is -8.79. The molecule has 0 unspecified atom stereocenters. The van der Waals surface area contributed by atoms with Gasteiger partial charge >= 0.3 is 17.9 Å². The van der Waals surface area contributed by atoms with E-state index in [-0.39, 0.29) is 72.5 Å². The summed E-state index contributed by atoms with van der Waals surface area (Å²) < 4.78 is 12.3. The number of anilines is 1. The van der Waals surface area contributed by atoms with Gasteiger partial charge in [0.2, 0.25) is 5.91 Å². The molecule has 16 heteroatoms. The minimum atomic E-state index is -1.42. The zero-order valence-corrected chi connectivity index (χ0v) is 33.2. The van der Waals surface area contributed by atoms with Crippen LogP contribution < -0.4 is 26.3 Å². The van der Waals surface area contributed by atoms with Crippen molar-refractivity contribution < 1.29 is 53.2 Å². The molecule has 4 aromatic rings. The standard InChI is InChI=1S/C47H34N4O12/c1-51(2)25-6-11-30-38(18-25)62-37-17-24(48)5-10-29(37)41(30)27-8-3-22(15-33(27)46(58)59)44(55)50-21-40(54)49-20-35-36(53)14-13-32-42(31-12-7-26(52)19-39(31)63-43(32)35)28-9-4-23(45(56)57)16-34(28)47(60)61/h3-19,48,52H,20-21H2,1-2H3,(H,49,54)(H,50,55)(H,56,57)(H,58,59)(H,60,61). The first-order valence-corrected chi connectivity index (χ1v) is 19.1. The highest BCUT2D eigenvalue weighted by Crippen LogP contribution is 2.44. The Bertz CT molecular complexity index is 3310. The minimum Gasteiger partial charge on any atom is -0.508 e. The highest BCUT2D eigenvalue weighted by atomic mass is 16.4. The Balaban J connectivity index is 1.07. The number of carbonyl (C=O) groups excluding carboxylic acids is 2. The van der Waals surface area contributed by atoms with E-state index in [2.05, 4.69) is 10.6 Å². The van der Waals surface area contributed by atoms with Crippen LogP contribution in [-0.4, -0.2) is 70.8 Å². The first-order valence-electron chi connectivity index (χ1n) is 19.1. The van der Waals surface area contributed by atoms with Crippen LogP contribution in [0.1, 0.15) is 47.0 Å². The lowest BCUT2D eigenvalue weighted by Gasteiger charge is -2.19. The van der Waals surface area contributed by atoms with Crippen LogP contribution >= 0.6 is 0 Å². The molecule has 0 saturated heterocycles. The third-order valence-electron chi connectivity index (χ3n) is 10.6. The van der Waals surface area contributed by atoms with E-state index < -0.39 is 48.2 Å². The molecule has 0 saturated carbocycles. The number of aromatic carboxylic acids is 3. The van der Waals surface area contributed by atoms with Gasteiger partial charge in [-0.15, -0.1) is 0 Å². The van der Waals surface area contributed by atoms with E-state index in [4.69, 9.17) is 14.2 Å².